The number of alkyl halides is 2. The summed E-state index contributed by atoms with van der Waals surface area (Å²) in [6.07, 6.45) is 0. The molecule has 6 heteroatoms. The molecular weight excluding hydrogens is 508 g/mol. The van der Waals surface area contributed by atoms with Crippen molar-refractivity contribution in [2.45, 2.75) is 3.23 Å². The van der Waals surface area contributed by atoms with Gasteiger partial charge in [-0.2, -0.15) is 0 Å². The van der Waals surface area contributed by atoms with Gasteiger partial charge in [-0.25, -0.2) is 0 Å². The third-order valence-electron chi connectivity index (χ3n) is 3.10. The van der Waals surface area contributed by atoms with Crippen molar-refractivity contribution in [1.82, 2.24) is 0 Å². The number of Topliss-reactive ketones (excluding diaryl/α,β-unsaturated/α-hetero) is 2. The number of fused-ring (bicyclic) bond motifs is 2. The number of rotatable bonds is 0. The van der Waals surface area contributed by atoms with Gasteiger partial charge in [-0.05, 0) is 33.4 Å². The zero-order valence-corrected chi connectivity index (χ0v) is 15.5. The van der Waals surface area contributed by atoms with Crippen molar-refractivity contribution in [2.75, 3.05) is 0 Å². The number of hydrogen-bond acceptors (Lipinski definition) is 2. The van der Waals surface area contributed by atoms with Gasteiger partial charge >= 0.3 is 0 Å². The SMILES string of the molecule is O=C1c2cc3cccc(Br)c3c(Br)c2C(=O)C1(Br)Br. The fraction of sp³-hybridized carbons (Fsp3) is 0.0769. The first-order valence-electron chi connectivity index (χ1n) is 5.24. The average molecular weight is 512 g/mol. The fourth-order valence-corrected chi connectivity index (χ4v) is 4.70. The van der Waals surface area contributed by atoms with E-state index in [0.29, 0.717) is 15.6 Å². The number of carbonyl (C=O) groups is 2. The number of halogens is 4. The van der Waals surface area contributed by atoms with E-state index in [0.717, 1.165) is 15.2 Å². The largest absolute Gasteiger partial charge is 0.291 e. The topological polar surface area (TPSA) is 34.1 Å². The number of ketones is 2. The third kappa shape index (κ3) is 1.83. The Bertz CT molecular complexity index is 765. The Labute approximate surface area is 142 Å². The zero-order chi connectivity index (χ0) is 13.9. The van der Waals surface area contributed by atoms with Gasteiger partial charge in [0.2, 0.25) is 3.23 Å². The quantitative estimate of drug-likeness (QED) is 0.359. The molecule has 0 fully saturated rings. The molecule has 0 heterocycles. The second-order valence-corrected chi connectivity index (χ2v) is 9.27. The summed E-state index contributed by atoms with van der Waals surface area (Å²) in [5, 5.41) is 1.79. The molecule has 2 aromatic rings. The minimum absolute atomic E-state index is 0.268. The molecule has 0 saturated heterocycles. The molecule has 1 aliphatic rings. The van der Waals surface area contributed by atoms with Crippen LogP contribution < -0.4 is 0 Å². The fourth-order valence-electron chi connectivity index (χ4n) is 2.19. The van der Waals surface area contributed by atoms with Crippen LogP contribution in [-0.2, 0) is 0 Å². The van der Waals surface area contributed by atoms with Gasteiger partial charge in [0.05, 0.1) is 0 Å². The minimum atomic E-state index is -1.34. The van der Waals surface area contributed by atoms with Crippen LogP contribution in [0.5, 0.6) is 0 Å². The van der Waals surface area contributed by atoms with Crippen LogP contribution in [-0.4, -0.2) is 14.8 Å². The Morgan fingerprint density at radius 3 is 2.37 bits per heavy atom. The first-order chi connectivity index (χ1) is 8.85. The maximum atomic E-state index is 12.3. The van der Waals surface area contributed by atoms with Crippen LogP contribution in [0.15, 0.2) is 33.2 Å². The van der Waals surface area contributed by atoms with Crippen molar-refractivity contribution in [3.05, 3.63) is 44.3 Å². The summed E-state index contributed by atoms with van der Waals surface area (Å²) < 4.78 is 0.183. The Hall–Kier alpha value is -0.0400. The van der Waals surface area contributed by atoms with E-state index in [2.05, 4.69) is 63.7 Å². The molecule has 0 atom stereocenters. The third-order valence-corrected chi connectivity index (χ3v) is 5.99. The molecule has 2 aromatic carbocycles. The molecule has 0 spiro atoms. The van der Waals surface area contributed by atoms with Crippen molar-refractivity contribution in [1.29, 1.82) is 0 Å². The maximum Gasteiger partial charge on any atom is 0.205 e. The summed E-state index contributed by atoms with van der Waals surface area (Å²) in [5.41, 5.74) is 0.842. The summed E-state index contributed by atoms with van der Waals surface area (Å²) in [6.45, 7) is 0. The number of carbonyl (C=O) groups excluding carboxylic acids is 2. The number of hydrogen-bond donors (Lipinski definition) is 0. The van der Waals surface area contributed by atoms with Crippen molar-refractivity contribution in [3.63, 3.8) is 0 Å². The van der Waals surface area contributed by atoms with E-state index in [4.69, 9.17) is 0 Å². The minimum Gasteiger partial charge on any atom is -0.291 e. The first kappa shape index (κ1) is 13.9. The van der Waals surface area contributed by atoms with E-state index < -0.39 is 3.23 Å². The molecule has 96 valence electrons. The van der Waals surface area contributed by atoms with Gasteiger partial charge in [0.1, 0.15) is 0 Å². The second-order valence-electron chi connectivity index (χ2n) is 4.18. The van der Waals surface area contributed by atoms with Crippen molar-refractivity contribution < 1.29 is 9.59 Å². The van der Waals surface area contributed by atoms with E-state index in [1.165, 1.54) is 0 Å². The summed E-state index contributed by atoms with van der Waals surface area (Å²) in [6, 6.07) is 7.45. The van der Waals surface area contributed by atoms with Gasteiger partial charge in [-0.15, -0.1) is 0 Å². The van der Waals surface area contributed by atoms with Crippen LogP contribution >= 0.6 is 63.7 Å². The smallest absolute Gasteiger partial charge is 0.205 e. The normalized spacial score (nSPS) is 17.1. The highest BCUT2D eigenvalue weighted by molar-refractivity contribution is 9.26. The van der Waals surface area contributed by atoms with Crippen LogP contribution in [0.25, 0.3) is 10.8 Å². The molecule has 0 radical (unpaired) electrons. The molecule has 2 nitrogen and oxygen atoms in total. The van der Waals surface area contributed by atoms with Crippen LogP contribution in [0, 0.1) is 0 Å². The van der Waals surface area contributed by atoms with Gasteiger partial charge < -0.3 is 0 Å². The Kier molecular flexibility index (Phi) is 3.28. The summed E-state index contributed by atoms with van der Waals surface area (Å²) >= 11 is 13.3. The molecule has 0 N–H and O–H groups in total. The molecule has 0 aromatic heterocycles. The standard InChI is InChI=1S/C13H4Br4O2/c14-7-3-1-2-5-4-6-9(10(15)8(5)7)12(19)13(16,17)11(6)18/h1-4H. The van der Waals surface area contributed by atoms with Gasteiger partial charge in [-0.1, -0.05) is 59.9 Å². The molecule has 0 unspecified atom stereocenters. The van der Waals surface area contributed by atoms with Crippen molar-refractivity contribution >= 4 is 86.1 Å². The highest BCUT2D eigenvalue weighted by atomic mass is 79.9. The van der Waals surface area contributed by atoms with Crippen molar-refractivity contribution in [3.8, 4) is 0 Å². The van der Waals surface area contributed by atoms with Gasteiger partial charge in [0.15, 0.2) is 11.6 Å². The van der Waals surface area contributed by atoms with Gasteiger partial charge in [0, 0.05) is 25.5 Å². The zero-order valence-electron chi connectivity index (χ0n) is 9.14. The van der Waals surface area contributed by atoms with Crippen LogP contribution in [0.2, 0.25) is 0 Å². The average Bonchev–Trinajstić information content (AvgIpc) is 2.51. The van der Waals surface area contributed by atoms with E-state index in [1.807, 2.05) is 18.2 Å². The highest BCUT2D eigenvalue weighted by Crippen LogP contribution is 2.47. The van der Waals surface area contributed by atoms with E-state index >= 15 is 0 Å². The molecule has 19 heavy (non-hydrogen) atoms. The van der Waals surface area contributed by atoms with E-state index in [9.17, 15) is 9.59 Å². The van der Waals surface area contributed by atoms with Gasteiger partial charge in [0.25, 0.3) is 0 Å². The van der Waals surface area contributed by atoms with Crippen molar-refractivity contribution in [2.24, 2.45) is 0 Å². The molecule has 1 aliphatic carbocycles. The highest BCUT2D eigenvalue weighted by Gasteiger charge is 2.50. The van der Waals surface area contributed by atoms with Crippen LogP contribution in [0.1, 0.15) is 20.7 Å². The first-order valence-corrected chi connectivity index (χ1v) is 8.41. The van der Waals surface area contributed by atoms with Gasteiger partial charge in [-0.3, -0.25) is 9.59 Å². The lowest BCUT2D eigenvalue weighted by molar-refractivity contribution is 0.0922. The van der Waals surface area contributed by atoms with E-state index in [-0.39, 0.29) is 11.6 Å². The molecule has 0 saturated carbocycles. The molecule has 0 amide bonds. The summed E-state index contributed by atoms with van der Waals surface area (Å²) in [4.78, 5) is 24.6. The number of benzene rings is 2. The lowest BCUT2D eigenvalue weighted by atomic mass is 10.0. The maximum absolute atomic E-state index is 12.3. The lowest BCUT2D eigenvalue weighted by Crippen LogP contribution is -2.26. The summed E-state index contributed by atoms with van der Waals surface area (Å²) in [5.74, 6) is -0.549. The Balaban J connectivity index is 2.49. The Morgan fingerprint density at radius 2 is 1.68 bits per heavy atom. The Morgan fingerprint density at radius 1 is 1.00 bits per heavy atom. The second kappa shape index (κ2) is 4.48. The predicted molar refractivity (Wildman–Crippen MR) is 88.6 cm³/mol. The summed E-state index contributed by atoms with van der Waals surface area (Å²) in [7, 11) is 0. The molecule has 0 bridgehead atoms. The monoisotopic (exact) mass is 508 g/mol. The van der Waals surface area contributed by atoms with Crippen LogP contribution in [0.4, 0.5) is 0 Å². The molecule has 0 aliphatic heterocycles. The van der Waals surface area contributed by atoms with Crippen LogP contribution in [0.3, 0.4) is 0 Å². The lowest BCUT2D eigenvalue weighted by Gasteiger charge is -2.08. The molecular formula is C13H4Br4O2. The van der Waals surface area contributed by atoms with E-state index in [1.54, 1.807) is 6.07 Å². The predicted octanol–water partition coefficient (Wildman–Crippen LogP) is 5.23. The molecule has 3 rings (SSSR count).